The minimum Gasteiger partial charge on any atom is -0.366 e. The highest BCUT2D eigenvalue weighted by atomic mass is 32.1. The van der Waals surface area contributed by atoms with Crippen LogP contribution in [0.15, 0.2) is 72.8 Å². The summed E-state index contributed by atoms with van der Waals surface area (Å²) in [5.74, 6) is -0.746. The molecule has 1 aliphatic rings. The van der Waals surface area contributed by atoms with E-state index < -0.39 is 23.2 Å². The Labute approximate surface area is 200 Å². The summed E-state index contributed by atoms with van der Waals surface area (Å²) >= 11 is 5.62. The van der Waals surface area contributed by atoms with Crippen molar-refractivity contribution >= 4 is 29.4 Å². The van der Waals surface area contributed by atoms with E-state index in [-0.39, 0.29) is 12.8 Å². The van der Waals surface area contributed by atoms with E-state index in [1.165, 1.54) is 6.07 Å². The fraction of sp³-hybridized carbons (Fsp3) is 0.192. The number of nitrogens with one attached hydrogen (secondary N) is 2. The maximum absolute atomic E-state index is 13.7. The lowest BCUT2D eigenvalue weighted by Crippen LogP contribution is -2.35. The first-order valence-electron chi connectivity index (χ1n) is 10.6. The van der Waals surface area contributed by atoms with Crippen LogP contribution in [0.3, 0.4) is 0 Å². The number of halogens is 3. The zero-order chi connectivity index (χ0) is 24.3. The van der Waals surface area contributed by atoms with Gasteiger partial charge in [-0.1, -0.05) is 66.8 Å². The lowest BCUT2D eigenvalue weighted by Gasteiger charge is -2.23. The van der Waals surface area contributed by atoms with E-state index in [0.29, 0.717) is 45.6 Å². The van der Waals surface area contributed by atoms with Crippen molar-refractivity contribution in [2.45, 2.75) is 31.1 Å². The first kappa shape index (κ1) is 23.6. The van der Waals surface area contributed by atoms with Crippen molar-refractivity contribution in [3.05, 3.63) is 95.1 Å². The quantitative estimate of drug-likeness (QED) is 0.278. The Morgan fingerprint density at radius 2 is 1.65 bits per heavy atom. The summed E-state index contributed by atoms with van der Waals surface area (Å²) in [4.78, 5) is 22.3. The van der Waals surface area contributed by atoms with Gasteiger partial charge in [-0.15, -0.1) is 0 Å². The molecule has 0 spiro atoms. The molecule has 3 aromatic rings. The van der Waals surface area contributed by atoms with Crippen LogP contribution in [0.2, 0.25) is 0 Å². The fourth-order valence-corrected chi connectivity index (χ4v) is 4.27. The average molecular weight is 483 g/mol. The number of hydrogen-bond donors (Lipinski definition) is 2. The molecule has 4 nitrogen and oxygen atoms in total. The third-order valence-corrected chi connectivity index (χ3v) is 6.17. The van der Waals surface area contributed by atoms with Crippen molar-refractivity contribution in [1.29, 1.82) is 0 Å². The topological polar surface area (TPSA) is 58.2 Å². The summed E-state index contributed by atoms with van der Waals surface area (Å²) in [5.41, 5.74) is 1.63. The smallest absolute Gasteiger partial charge is 0.366 e. The zero-order valence-electron chi connectivity index (χ0n) is 18.0. The third kappa shape index (κ3) is 5.17. The second-order valence-corrected chi connectivity index (χ2v) is 8.60. The number of hydrogen-bond acceptors (Lipinski definition) is 3. The maximum Gasteiger partial charge on any atom is 0.416 e. The van der Waals surface area contributed by atoms with E-state index in [0.717, 1.165) is 6.07 Å². The second kappa shape index (κ2) is 9.38. The van der Waals surface area contributed by atoms with Crippen LogP contribution in [0.4, 0.5) is 13.2 Å². The van der Waals surface area contributed by atoms with E-state index in [9.17, 15) is 22.8 Å². The van der Waals surface area contributed by atoms with Gasteiger partial charge in [-0.2, -0.15) is 13.2 Å². The molecule has 3 aromatic carbocycles. The number of thiocarbonyl (C=S) groups is 1. The van der Waals surface area contributed by atoms with Crippen LogP contribution in [0, 0.1) is 0 Å². The first-order chi connectivity index (χ1) is 16.2. The van der Waals surface area contributed by atoms with E-state index in [1.807, 2.05) is 6.07 Å². The molecule has 0 atom stereocenters. The van der Waals surface area contributed by atoms with Gasteiger partial charge >= 0.3 is 6.18 Å². The molecule has 0 heterocycles. The monoisotopic (exact) mass is 482 g/mol. The summed E-state index contributed by atoms with van der Waals surface area (Å²) in [5, 5.41) is 5.77. The van der Waals surface area contributed by atoms with E-state index in [4.69, 9.17) is 12.2 Å². The van der Waals surface area contributed by atoms with Crippen molar-refractivity contribution < 1.29 is 22.8 Å². The standard InChI is InChI=1S/C26H21F3N2O2S/c27-26(28,29)21-13-19(17-6-2-1-3-7-17)12-20(14-21)25(10-11-25)31-24(34)22-9-5-4-8-18(22)15-30-23(33)16-32/h1-9,12-14,16H,10-11,15H2,(H,30,33)(H,31,34). The van der Waals surface area contributed by atoms with Gasteiger partial charge in [0.25, 0.3) is 5.91 Å². The predicted octanol–water partition coefficient (Wildman–Crippen LogP) is 5.14. The zero-order valence-corrected chi connectivity index (χ0v) is 18.8. The maximum atomic E-state index is 13.7. The number of aldehydes is 1. The largest absolute Gasteiger partial charge is 0.416 e. The highest BCUT2D eigenvalue weighted by Crippen LogP contribution is 2.48. The summed E-state index contributed by atoms with van der Waals surface area (Å²) in [6, 6.07) is 20.2. The van der Waals surface area contributed by atoms with Gasteiger partial charge in [-0.05, 0) is 53.3 Å². The number of amides is 1. The Morgan fingerprint density at radius 3 is 2.29 bits per heavy atom. The Hall–Kier alpha value is -3.52. The van der Waals surface area contributed by atoms with Crippen molar-refractivity contribution in [1.82, 2.24) is 10.6 Å². The SMILES string of the molecule is O=CC(=O)NCc1ccccc1C(=S)NC1(c2cc(-c3ccccc3)cc(C(F)(F)F)c2)CC1. The lowest BCUT2D eigenvalue weighted by atomic mass is 9.94. The van der Waals surface area contributed by atoms with Crippen LogP contribution in [0.5, 0.6) is 0 Å². The normalized spacial score (nSPS) is 14.2. The predicted molar refractivity (Wildman–Crippen MR) is 127 cm³/mol. The van der Waals surface area contributed by atoms with Crippen molar-refractivity contribution in [3.63, 3.8) is 0 Å². The van der Waals surface area contributed by atoms with E-state index in [1.54, 1.807) is 54.6 Å². The van der Waals surface area contributed by atoms with Gasteiger partial charge in [-0.25, -0.2) is 0 Å². The molecule has 1 saturated carbocycles. The Balaban J connectivity index is 1.66. The van der Waals surface area contributed by atoms with Gasteiger partial charge in [0.2, 0.25) is 6.29 Å². The van der Waals surface area contributed by atoms with Crippen LogP contribution in [-0.4, -0.2) is 17.2 Å². The fourth-order valence-electron chi connectivity index (χ4n) is 3.88. The molecule has 0 unspecified atom stereocenters. The first-order valence-corrected chi connectivity index (χ1v) is 11.0. The number of alkyl halides is 3. The van der Waals surface area contributed by atoms with Gasteiger partial charge in [0.05, 0.1) is 11.1 Å². The Kier molecular flexibility index (Phi) is 6.52. The van der Waals surface area contributed by atoms with E-state index >= 15 is 0 Å². The van der Waals surface area contributed by atoms with Crippen LogP contribution in [-0.2, 0) is 27.8 Å². The molecule has 1 aliphatic carbocycles. The molecule has 4 rings (SSSR count). The third-order valence-electron chi connectivity index (χ3n) is 5.84. The van der Waals surface area contributed by atoms with Crippen LogP contribution in [0.1, 0.15) is 35.1 Å². The minimum absolute atomic E-state index is 0.101. The molecular weight excluding hydrogens is 461 g/mol. The summed E-state index contributed by atoms with van der Waals surface area (Å²) < 4.78 is 41.2. The van der Waals surface area contributed by atoms with Crippen molar-refractivity contribution in [2.24, 2.45) is 0 Å². The number of carbonyl (C=O) groups is 2. The molecule has 1 fully saturated rings. The molecule has 34 heavy (non-hydrogen) atoms. The van der Waals surface area contributed by atoms with Crippen molar-refractivity contribution in [3.8, 4) is 11.1 Å². The van der Waals surface area contributed by atoms with E-state index in [2.05, 4.69) is 10.6 Å². The molecule has 8 heteroatoms. The molecule has 0 radical (unpaired) electrons. The summed E-state index contributed by atoms with van der Waals surface area (Å²) in [6.07, 6.45) is -3.03. The number of carbonyl (C=O) groups excluding carboxylic acids is 2. The highest BCUT2D eigenvalue weighted by Gasteiger charge is 2.46. The average Bonchev–Trinajstić information content (AvgIpc) is 3.63. The van der Waals surface area contributed by atoms with Gasteiger partial charge in [0.15, 0.2) is 0 Å². The Bertz CT molecular complexity index is 1240. The number of rotatable bonds is 7. The highest BCUT2D eigenvalue weighted by molar-refractivity contribution is 7.80. The number of benzene rings is 3. The van der Waals surface area contributed by atoms with Crippen LogP contribution in [0.25, 0.3) is 11.1 Å². The Morgan fingerprint density at radius 1 is 0.971 bits per heavy atom. The molecule has 2 N–H and O–H groups in total. The molecule has 174 valence electrons. The molecule has 0 saturated heterocycles. The lowest BCUT2D eigenvalue weighted by molar-refractivity contribution is -0.137. The van der Waals surface area contributed by atoms with Gasteiger partial charge in [-0.3, -0.25) is 9.59 Å². The summed E-state index contributed by atoms with van der Waals surface area (Å²) in [6.45, 7) is 0.101. The second-order valence-electron chi connectivity index (χ2n) is 8.19. The van der Waals surface area contributed by atoms with Gasteiger partial charge in [0.1, 0.15) is 4.99 Å². The van der Waals surface area contributed by atoms with Gasteiger partial charge < -0.3 is 10.6 Å². The molecule has 1 amide bonds. The van der Waals surface area contributed by atoms with Crippen LogP contribution < -0.4 is 10.6 Å². The summed E-state index contributed by atoms with van der Waals surface area (Å²) in [7, 11) is 0. The molecular formula is C26H21F3N2O2S. The van der Waals surface area contributed by atoms with Gasteiger partial charge in [0, 0.05) is 12.1 Å². The molecule has 0 aromatic heterocycles. The molecule has 0 aliphatic heterocycles. The van der Waals surface area contributed by atoms with Crippen LogP contribution >= 0.6 is 12.2 Å². The minimum atomic E-state index is -4.49. The van der Waals surface area contributed by atoms with Crippen molar-refractivity contribution in [2.75, 3.05) is 0 Å². The molecule has 0 bridgehead atoms.